The van der Waals surface area contributed by atoms with Gasteiger partial charge in [0.1, 0.15) is 0 Å². The van der Waals surface area contributed by atoms with Crippen molar-refractivity contribution < 1.29 is 9.59 Å². The van der Waals surface area contributed by atoms with Gasteiger partial charge in [0.15, 0.2) is 0 Å². The number of hydrogen-bond donors (Lipinski definition) is 2. The molecule has 1 aliphatic heterocycles. The number of amides is 3. The van der Waals surface area contributed by atoms with Gasteiger partial charge in [-0.05, 0) is 48.7 Å². The van der Waals surface area contributed by atoms with Gasteiger partial charge in [-0.25, -0.2) is 4.79 Å². The maximum atomic E-state index is 12.3. The molecule has 0 unspecified atom stereocenters. The molecule has 0 bridgehead atoms. The third kappa shape index (κ3) is 5.17. The molecule has 3 rings (SSSR count). The van der Waals surface area contributed by atoms with Crippen LogP contribution in [0.3, 0.4) is 0 Å². The molecule has 0 atom stereocenters. The van der Waals surface area contributed by atoms with E-state index >= 15 is 0 Å². The number of carbonyl (C=O) groups is 2. The minimum Gasteiger partial charge on any atom is -0.339 e. The SMILES string of the molecule is O=C(Nc1ccccc1)NC1CCN(C(=O)/C=C/c2ccncc2)CC1. The molecule has 0 aliphatic carbocycles. The van der Waals surface area contributed by atoms with Crippen LogP contribution >= 0.6 is 0 Å². The number of nitrogens with zero attached hydrogens (tertiary/aromatic N) is 2. The number of urea groups is 1. The number of nitrogens with one attached hydrogen (secondary N) is 2. The van der Waals surface area contributed by atoms with Crippen molar-refractivity contribution in [2.45, 2.75) is 18.9 Å². The van der Waals surface area contributed by atoms with Crippen LogP contribution in [0.5, 0.6) is 0 Å². The molecule has 3 amide bonds. The number of carbonyl (C=O) groups excluding carboxylic acids is 2. The van der Waals surface area contributed by atoms with Crippen LogP contribution in [0.25, 0.3) is 6.08 Å². The third-order valence-corrected chi connectivity index (χ3v) is 4.30. The molecule has 0 spiro atoms. The maximum Gasteiger partial charge on any atom is 0.319 e. The largest absolute Gasteiger partial charge is 0.339 e. The third-order valence-electron chi connectivity index (χ3n) is 4.30. The Labute approximate surface area is 152 Å². The van der Waals surface area contributed by atoms with Crippen LogP contribution in [-0.4, -0.2) is 41.0 Å². The van der Waals surface area contributed by atoms with E-state index in [4.69, 9.17) is 0 Å². The molecule has 6 nitrogen and oxygen atoms in total. The number of rotatable bonds is 4. The molecule has 26 heavy (non-hydrogen) atoms. The van der Waals surface area contributed by atoms with Gasteiger partial charge in [0, 0.05) is 43.3 Å². The van der Waals surface area contributed by atoms with E-state index in [1.54, 1.807) is 24.5 Å². The zero-order chi connectivity index (χ0) is 18.2. The standard InChI is InChI=1S/C20H22N4O2/c25-19(7-6-16-8-12-21-13-9-16)24-14-10-18(11-15-24)23-20(26)22-17-4-2-1-3-5-17/h1-9,12-13,18H,10-11,14-15H2,(H2,22,23,26)/b7-6+. The van der Waals surface area contributed by atoms with Gasteiger partial charge in [-0.15, -0.1) is 0 Å². The Kier molecular flexibility index (Phi) is 5.98. The van der Waals surface area contributed by atoms with Crippen molar-refractivity contribution in [1.29, 1.82) is 0 Å². The van der Waals surface area contributed by atoms with Gasteiger partial charge in [0.2, 0.25) is 5.91 Å². The molecule has 0 saturated carbocycles. The molecular formula is C20H22N4O2. The summed E-state index contributed by atoms with van der Waals surface area (Å²) in [6.07, 6.45) is 8.27. The number of hydrogen-bond acceptors (Lipinski definition) is 3. The molecule has 2 N–H and O–H groups in total. The van der Waals surface area contributed by atoms with E-state index in [-0.39, 0.29) is 18.0 Å². The molecular weight excluding hydrogens is 328 g/mol. The Morgan fingerprint density at radius 1 is 1.04 bits per heavy atom. The average molecular weight is 350 g/mol. The highest BCUT2D eigenvalue weighted by molar-refractivity contribution is 5.92. The molecule has 0 radical (unpaired) electrons. The van der Waals surface area contributed by atoms with Gasteiger partial charge >= 0.3 is 6.03 Å². The quantitative estimate of drug-likeness (QED) is 0.833. The molecule has 1 saturated heterocycles. The monoisotopic (exact) mass is 350 g/mol. The second-order valence-electron chi connectivity index (χ2n) is 6.18. The summed E-state index contributed by atoms with van der Waals surface area (Å²) in [6, 6.07) is 12.9. The molecule has 1 aromatic carbocycles. The number of anilines is 1. The Bertz CT molecular complexity index is 754. The van der Waals surface area contributed by atoms with Gasteiger partial charge in [0.25, 0.3) is 0 Å². The normalized spacial score (nSPS) is 15.0. The van der Waals surface area contributed by atoms with Gasteiger partial charge < -0.3 is 15.5 Å². The van der Waals surface area contributed by atoms with Crippen molar-refractivity contribution in [3.8, 4) is 0 Å². The second kappa shape index (κ2) is 8.80. The van der Waals surface area contributed by atoms with E-state index < -0.39 is 0 Å². The number of benzene rings is 1. The lowest BCUT2D eigenvalue weighted by Crippen LogP contribution is -2.47. The van der Waals surface area contributed by atoms with Gasteiger partial charge in [0.05, 0.1) is 0 Å². The van der Waals surface area contributed by atoms with Crippen LogP contribution in [-0.2, 0) is 4.79 Å². The van der Waals surface area contributed by atoms with E-state index in [9.17, 15) is 9.59 Å². The summed E-state index contributed by atoms with van der Waals surface area (Å²) in [5.74, 6) is -0.00556. The fourth-order valence-corrected chi connectivity index (χ4v) is 2.87. The lowest BCUT2D eigenvalue weighted by Gasteiger charge is -2.31. The number of aromatic nitrogens is 1. The fourth-order valence-electron chi connectivity index (χ4n) is 2.87. The highest BCUT2D eigenvalue weighted by atomic mass is 16.2. The second-order valence-corrected chi connectivity index (χ2v) is 6.18. The van der Waals surface area contributed by atoms with Gasteiger partial charge in [-0.3, -0.25) is 9.78 Å². The maximum absolute atomic E-state index is 12.3. The summed E-state index contributed by atoms with van der Waals surface area (Å²) >= 11 is 0. The molecule has 6 heteroatoms. The van der Waals surface area contributed by atoms with E-state index in [1.165, 1.54) is 0 Å². The molecule has 2 heterocycles. The van der Waals surface area contributed by atoms with E-state index in [1.807, 2.05) is 47.4 Å². The molecule has 2 aromatic rings. The number of piperidine rings is 1. The Hall–Kier alpha value is -3.15. The zero-order valence-electron chi connectivity index (χ0n) is 14.5. The van der Waals surface area contributed by atoms with Crippen LogP contribution in [0.2, 0.25) is 0 Å². The summed E-state index contributed by atoms with van der Waals surface area (Å²) in [5.41, 5.74) is 1.71. The first-order chi connectivity index (χ1) is 12.7. The smallest absolute Gasteiger partial charge is 0.319 e. The number of likely N-dealkylation sites (tertiary alicyclic amines) is 1. The summed E-state index contributed by atoms with van der Waals surface area (Å²) in [4.78, 5) is 30.1. The summed E-state index contributed by atoms with van der Waals surface area (Å²) in [5, 5.41) is 5.79. The Balaban J connectivity index is 1.43. The average Bonchev–Trinajstić information content (AvgIpc) is 2.68. The lowest BCUT2D eigenvalue weighted by molar-refractivity contribution is -0.126. The lowest BCUT2D eigenvalue weighted by atomic mass is 10.1. The molecule has 134 valence electrons. The molecule has 1 aromatic heterocycles. The minimum absolute atomic E-state index is 0.00556. The first-order valence-corrected chi connectivity index (χ1v) is 8.70. The predicted molar refractivity (Wildman–Crippen MR) is 101 cm³/mol. The topological polar surface area (TPSA) is 74.3 Å². The summed E-state index contributed by atoms with van der Waals surface area (Å²) in [6.45, 7) is 1.27. The number of para-hydroxylation sites is 1. The van der Waals surface area contributed by atoms with Crippen molar-refractivity contribution in [2.75, 3.05) is 18.4 Å². The Morgan fingerprint density at radius 3 is 2.42 bits per heavy atom. The molecule has 1 fully saturated rings. The van der Waals surface area contributed by atoms with Crippen LogP contribution in [0.1, 0.15) is 18.4 Å². The van der Waals surface area contributed by atoms with Crippen LogP contribution < -0.4 is 10.6 Å². The Morgan fingerprint density at radius 2 is 1.73 bits per heavy atom. The van der Waals surface area contributed by atoms with Gasteiger partial charge in [-0.2, -0.15) is 0 Å². The van der Waals surface area contributed by atoms with E-state index in [0.717, 1.165) is 24.1 Å². The molecule has 1 aliphatic rings. The van der Waals surface area contributed by atoms with E-state index in [0.29, 0.717) is 13.1 Å². The summed E-state index contributed by atoms with van der Waals surface area (Å²) < 4.78 is 0. The van der Waals surface area contributed by atoms with Crippen molar-refractivity contribution in [1.82, 2.24) is 15.2 Å². The first kappa shape index (κ1) is 17.7. The van der Waals surface area contributed by atoms with Crippen molar-refractivity contribution in [2.24, 2.45) is 0 Å². The van der Waals surface area contributed by atoms with Crippen molar-refractivity contribution in [3.05, 3.63) is 66.5 Å². The number of pyridine rings is 1. The fraction of sp³-hybridized carbons (Fsp3) is 0.250. The van der Waals surface area contributed by atoms with E-state index in [2.05, 4.69) is 15.6 Å². The highest BCUT2D eigenvalue weighted by Gasteiger charge is 2.22. The van der Waals surface area contributed by atoms with Crippen LogP contribution in [0, 0.1) is 0 Å². The summed E-state index contributed by atoms with van der Waals surface area (Å²) in [7, 11) is 0. The van der Waals surface area contributed by atoms with Gasteiger partial charge in [-0.1, -0.05) is 18.2 Å². The first-order valence-electron chi connectivity index (χ1n) is 8.70. The van der Waals surface area contributed by atoms with Crippen LogP contribution in [0.4, 0.5) is 10.5 Å². The van der Waals surface area contributed by atoms with Crippen LogP contribution in [0.15, 0.2) is 60.9 Å². The highest BCUT2D eigenvalue weighted by Crippen LogP contribution is 2.12. The zero-order valence-corrected chi connectivity index (χ0v) is 14.5. The predicted octanol–water partition coefficient (Wildman–Crippen LogP) is 2.91. The minimum atomic E-state index is -0.210. The van der Waals surface area contributed by atoms with Crippen molar-refractivity contribution in [3.63, 3.8) is 0 Å². The van der Waals surface area contributed by atoms with Crippen molar-refractivity contribution >= 4 is 23.7 Å².